The molecule has 1 spiro atoms. The molecule has 4 rings (SSSR count). The molecule has 2 aromatic rings. The summed E-state index contributed by atoms with van der Waals surface area (Å²) in [5.74, 6) is 0.249. The quantitative estimate of drug-likeness (QED) is 0.356. The maximum Gasteiger partial charge on any atom is 0.340 e. The fourth-order valence-corrected chi connectivity index (χ4v) is 3.81. The zero-order valence-electron chi connectivity index (χ0n) is 15.9. The van der Waals surface area contributed by atoms with Crippen LogP contribution < -0.4 is 10.1 Å². The van der Waals surface area contributed by atoms with Crippen molar-refractivity contribution in [1.82, 2.24) is 0 Å². The van der Waals surface area contributed by atoms with Gasteiger partial charge < -0.3 is 30.4 Å². The van der Waals surface area contributed by atoms with E-state index in [0.29, 0.717) is 46.0 Å². The second-order valence-corrected chi connectivity index (χ2v) is 6.97. The predicted molar refractivity (Wildman–Crippen MR) is 108 cm³/mol. The molecule has 7 heteroatoms. The summed E-state index contributed by atoms with van der Waals surface area (Å²) in [4.78, 5) is 12.8. The van der Waals surface area contributed by atoms with Gasteiger partial charge in [0.05, 0.1) is 11.3 Å². The van der Waals surface area contributed by atoms with Crippen molar-refractivity contribution >= 4 is 17.9 Å². The zero-order valence-corrected chi connectivity index (χ0v) is 15.9. The molecule has 4 N–H and O–H groups in total. The number of aliphatic hydroxyl groups is 1. The number of carbonyl (C=O) groups excluding carboxylic acids is 1. The Hall–Kier alpha value is -3.74. The molecule has 2 aromatic carbocycles. The lowest BCUT2D eigenvalue weighted by molar-refractivity contribution is 0.0204. The van der Waals surface area contributed by atoms with Gasteiger partial charge in [-0.3, -0.25) is 0 Å². The molecular weight excluding hydrogens is 372 g/mol. The smallest absolute Gasteiger partial charge is 0.340 e. The third-order valence-corrected chi connectivity index (χ3v) is 5.07. The van der Waals surface area contributed by atoms with E-state index in [9.17, 15) is 15.0 Å². The number of nitrogens with one attached hydrogen (secondary N) is 2. The molecule has 1 unspecified atom stereocenters. The molecule has 0 saturated carbocycles. The first kappa shape index (κ1) is 18.6. The van der Waals surface area contributed by atoms with Gasteiger partial charge in [-0.15, -0.1) is 0 Å². The lowest BCUT2D eigenvalue weighted by Gasteiger charge is -2.36. The molecule has 29 heavy (non-hydrogen) atoms. The van der Waals surface area contributed by atoms with E-state index in [0.717, 1.165) is 0 Å². The van der Waals surface area contributed by atoms with E-state index in [1.807, 2.05) is 12.1 Å². The lowest BCUT2D eigenvalue weighted by Crippen LogP contribution is -2.34. The molecule has 0 radical (unpaired) electrons. The van der Waals surface area contributed by atoms with Gasteiger partial charge in [-0.2, -0.15) is 0 Å². The fraction of sp³-hybridized carbons (Fsp3) is 0.182. The number of anilines is 1. The second-order valence-electron chi connectivity index (χ2n) is 6.97. The average Bonchev–Trinajstić information content (AvgIpc) is 2.97. The Morgan fingerprint density at radius 1 is 1.24 bits per heavy atom. The summed E-state index contributed by atoms with van der Waals surface area (Å²) in [6.45, 7) is 3.65. The van der Waals surface area contributed by atoms with Crippen molar-refractivity contribution in [2.24, 2.45) is 0 Å². The number of allylic oxidation sites excluding steroid dienone is 2. The van der Waals surface area contributed by atoms with E-state index in [4.69, 9.17) is 14.9 Å². The molecule has 0 amide bonds. The Labute approximate surface area is 167 Å². The van der Waals surface area contributed by atoms with Crippen molar-refractivity contribution < 1.29 is 24.5 Å². The highest BCUT2D eigenvalue weighted by molar-refractivity contribution is 5.97. The van der Waals surface area contributed by atoms with E-state index in [1.54, 1.807) is 19.1 Å². The van der Waals surface area contributed by atoms with Crippen molar-refractivity contribution in [1.29, 1.82) is 5.41 Å². The number of fused-ring (bicyclic) bond motifs is 4. The van der Waals surface area contributed by atoms with E-state index >= 15 is 0 Å². The number of phenols is 1. The predicted octanol–water partition coefficient (Wildman–Crippen LogP) is 4.00. The van der Waals surface area contributed by atoms with Crippen LogP contribution in [0.3, 0.4) is 0 Å². The third kappa shape index (κ3) is 2.82. The van der Waals surface area contributed by atoms with Gasteiger partial charge >= 0.3 is 5.97 Å². The molecule has 0 aliphatic carbocycles. The Morgan fingerprint density at radius 2 is 2.00 bits per heavy atom. The van der Waals surface area contributed by atoms with Gasteiger partial charge in [0.15, 0.2) is 5.60 Å². The first-order valence-electron chi connectivity index (χ1n) is 9.07. The third-order valence-electron chi connectivity index (χ3n) is 5.07. The largest absolute Gasteiger partial charge is 0.512 e. The van der Waals surface area contributed by atoms with Gasteiger partial charge in [0.2, 0.25) is 0 Å². The summed E-state index contributed by atoms with van der Waals surface area (Å²) in [7, 11) is 0. The molecule has 0 saturated heterocycles. The molecule has 7 nitrogen and oxygen atoms in total. The van der Waals surface area contributed by atoms with Gasteiger partial charge in [0.1, 0.15) is 17.3 Å². The normalized spacial score (nSPS) is 20.1. The number of phenolic OH excluding ortho intramolecular Hbond substituents is 1. The van der Waals surface area contributed by atoms with Crippen LogP contribution in [-0.2, 0) is 10.3 Å². The highest BCUT2D eigenvalue weighted by Gasteiger charge is 2.53. The Bertz CT molecular complexity index is 1100. The summed E-state index contributed by atoms with van der Waals surface area (Å²) in [5.41, 5.74) is 1.73. The number of ether oxygens (including phenoxy) is 2. The monoisotopic (exact) mass is 392 g/mol. The van der Waals surface area contributed by atoms with Crippen molar-refractivity contribution in [2.45, 2.75) is 19.4 Å². The van der Waals surface area contributed by atoms with Crippen LogP contribution in [0.2, 0.25) is 0 Å². The molecule has 0 bridgehead atoms. The summed E-state index contributed by atoms with van der Waals surface area (Å²) >= 11 is 0. The van der Waals surface area contributed by atoms with Crippen molar-refractivity contribution in [2.75, 3.05) is 11.9 Å². The minimum absolute atomic E-state index is 0.0123. The Kier molecular flexibility index (Phi) is 4.30. The van der Waals surface area contributed by atoms with E-state index in [1.165, 1.54) is 31.3 Å². The number of hydrogen-bond donors (Lipinski definition) is 4. The maximum absolute atomic E-state index is 12.8. The number of hydrogen-bond acceptors (Lipinski definition) is 7. The SMILES string of the molecule is CC1=C(/C=C(\C)O)Oc2cc(O)ccc2C12OC(=O)c1cc(NCC=N)ccc12. The maximum atomic E-state index is 12.8. The van der Waals surface area contributed by atoms with Gasteiger partial charge in [0, 0.05) is 47.3 Å². The van der Waals surface area contributed by atoms with Crippen molar-refractivity contribution in [3.05, 3.63) is 76.3 Å². The van der Waals surface area contributed by atoms with Gasteiger partial charge in [-0.05, 0) is 38.1 Å². The first-order chi connectivity index (χ1) is 13.9. The zero-order chi connectivity index (χ0) is 20.8. The van der Waals surface area contributed by atoms with Crippen LogP contribution in [0, 0.1) is 5.41 Å². The first-order valence-corrected chi connectivity index (χ1v) is 9.07. The minimum Gasteiger partial charge on any atom is -0.512 e. The van der Waals surface area contributed by atoms with Gasteiger partial charge in [-0.25, -0.2) is 4.79 Å². The number of aromatic hydroxyl groups is 1. The molecule has 2 aliphatic rings. The van der Waals surface area contributed by atoms with Crippen molar-refractivity contribution in [3.8, 4) is 11.5 Å². The molecule has 1 atom stereocenters. The topological polar surface area (TPSA) is 112 Å². The Morgan fingerprint density at radius 3 is 2.72 bits per heavy atom. The number of benzene rings is 2. The summed E-state index contributed by atoms with van der Waals surface area (Å²) in [6, 6.07) is 9.97. The number of rotatable bonds is 4. The van der Waals surface area contributed by atoms with E-state index < -0.39 is 11.6 Å². The molecule has 148 valence electrons. The summed E-state index contributed by atoms with van der Waals surface area (Å²) in [6.07, 6.45) is 2.69. The minimum atomic E-state index is -1.23. The van der Waals surface area contributed by atoms with E-state index in [-0.39, 0.29) is 11.5 Å². The van der Waals surface area contributed by atoms with Crippen LogP contribution in [-0.4, -0.2) is 28.9 Å². The van der Waals surface area contributed by atoms with Crippen LogP contribution in [0.25, 0.3) is 0 Å². The Balaban J connectivity index is 1.97. The number of esters is 1. The summed E-state index contributed by atoms with van der Waals surface area (Å²) in [5, 5.41) is 29.9. The highest BCUT2D eigenvalue weighted by Crippen LogP contribution is 2.54. The van der Waals surface area contributed by atoms with Crippen molar-refractivity contribution in [3.63, 3.8) is 0 Å². The van der Waals surface area contributed by atoms with Crippen LogP contribution >= 0.6 is 0 Å². The second kappa shape index (κ2) is 6.70. The molecule has 0 aromatic heterocycles. The molecule has 2 aliphatic heterocycles. The fourth-order valence-electron chi connectivity index (χ4n) is 3.81. The number of aliphatic hydroxyl groups excluding tert-OH is 1. The molecular formula is C22H20N2O5. The van der Waals surface area contributed by atoms with Crippen LogP contribution in [0.4, 0.5) is 5.69 Å². The number of carbonyl (C=O) groups is 1. The highest BCUT2D eigenvalue weighted by atomic mass is 16.6. The average molecular weight is 392 g/mol. The van der Waals surface area contributed by atoms with Gasteiger partial charge in [0.25, 0.3) is 0 Å². The summed E-state index contributed by atoms with van der Waals surface area (Å²) < 4.78 is 11.9. The van der Waals surface area contributed by atoms with Crippen LogP contribution in [0.5, 0.6) is 11.5 Å². The van der Waals surface area contributed by atoms with Gasteiger partial charge in [-0.1, -0.05) is 6.07 Å². The van der Waals surface area contributed by atoms with E-state index in [2.05, 4.69) is 5.32 Å². The molecule has 2 heterocycles. The lowest BCUT2D eigenvalue weighted by atomic mass is 9.77. The molecule has 0 fully saturated rings. The standard InChI is InChI=1S/C22H20N2O5/c1-12(25)9-19-13(2)22(18-6-4-15(26)11-20(18)28-19)17-5-3-14(24-8-7-23)10-16(17)21(27)29-22/h3-7,9-11,23-26H,8H2,1-2H3/b12-9+,23-7?. The van der Waals surface area contributed by atoms with Crippen LogP contribution in [0.15, 0.2) is 59.6 Å². The van der Waals surface area contributed by atoms with Crippen LogP contribution in [0.1, 0.15) is 35.3 Å².